The molecule has 23 heavy (non-hydrogen) atoms. The van der Waals surface area contributed by atoms with Crippen LogP contribution in [-0.2, 0) is 6.54 Å². The minimum Gasteiger partial charge on any atom is -0.392 e. The second-order valence-electron chi connectivity index (χ2n) is 5.49. The van der Waals surface area contributed by atoms with Crippen molar-refractivity contribution >= 4 is 40.2 Å². The third-order valence-corrected chi connectivity index (χ3v) is 4.27. The topological polar surface area (TPSA) is 50.1 Å². The van der Waals surface area contributed by atoms with Crippen molar-refractivity contribution in [3.05, 3.63) is 58.1 Å². The van der Waals surface area contributed by atoms with Gasteiger partial charge >= 0.3 is 0 Å². The van der Waals surface area contributed by atoms with Crippen molar-refractivity contribution in [2.45, 2.75) is 19.6 Å². The molecule has 120 valence electrons. The first-order chi connectivity index (χ1) is 11.0. The highest BCUT2D eigenvalue weighted by molar-refractivity contribution is 6.42. The molecule has 2 N–H and O–H groups in total. The van der Waals surface area contributed by atoms with Crippen LogP contribution in [0.4, 0.5) is 5.95 Å². The number of anilines is 1. The highest BCUT2D eigenvalue weighted by Gasteiger charge is 2.12. The fourth-order valence-electron chi connectivity index (χ4n) is 2.43. The van der Waals surface area contributed by atoms with Crippen LogP contribution in [-0.4, -0.2) is 27.3 Å². The Bertz CT molecular complexity index is 830. The first kappa shape index (κ1) is 16.1. The van der Waals surface area contributed by atoms with Gasteiger partial charge < -0.3 is 15.0 Å². The summed E-state index contributed by atoms with van der Waals surface area (Å²) in [6.45, 7) is 2.78. The Morgan fingerprint density at radius 2 is 1.96 bits per heavy atom. The molecule has 3 rings (SSSR count). The summed E-state index contributed by atoms with van der Waals surface area (Å²) in [6.07, 6.45) is -0.451. The van der Waals surface area contributed by atoms with Crippen LogP contribution in [0.3, 0.4) is 0 Å². The molecule has 4 nitrogen and oxygen atoms in total. The summed E-state index contributed by atoms with van der Waals surface area (Å²) in [5.41, 5.74) is 2.95. The molecule has 2 aromatic carbocycles. The number of hydrogen-bond acceptors (Lipinski definition) is 3. The molecule has 0 spiro atoms. The van der Waals surface area contributed by atoms with E-state index in [0.717, 1.165) is 22.5 Å². The van der Waals surface area contributed by atoms with Crippen molar-refractivity contribution in [1.29, 1.82) is 0 Å². The SMILES string of the molecule is CC(O)CNc1nc2ccccc2n1Cc1ccc(Cl)c(Cl)c1. The largest absolute Gasteiger partial charge is 0.392 e. The molecule has 6 heteroatoms. The van der Waals surface area contributed by atoms with Gasteiger partial charge in [0.05, 0.1) is 33.7 Å². The predicted molar refractivity (Wildman–Crippen MR) is 95.5 cm³/mol. The molecule has 0 fully saturated rings. The molecule has 0 radical (unpaired) electrons. The Kier molecular flexibility index (Phi) is 4.76. The van der Waals surface area contributed by atoms with Gasteiger partial charge in [0.25, 0.3) is 0 Å². The van der Waals surface area contributed by atoms with Gasteiger partial charge in [0.15, 0.2) is 0 Å². The maximum atomic E-state index is 9.50. The van der Waals surface area contributed by atoms with Gasteiger partial charge in [0.2, 0.25) is 5.95 Å². The van der Waals surface area contributed by atoms with Gasteiger partial charge in [-0.05, 0) is 36.8 Å². The van der Waals surface area contributed by atoms with Crippen LogP contribution < -0.4 is 5.32 Å². The third-order valence-electron chi connectivity index (χ3n) is 3.53. The smallest absolute Gasteiger partial charge is 0.204 e. The lowest BCUT2D eigenvalue weighted by atomic mass is 10.2. The zero-order valence-electron chi connectivity index (χ0n) is 12.6. The lowest BCUT2D eigenvalue weighted by molar-refractivity contribution is 0.208. The Labute approximate surface area is 144 Å². The van der Waals surface area contributed by atoms with Crippen LogP contribution >= 0.6 is 23.2 Å². The number of aromatic nitrogens is 2. The van der Waals surface area contributed by atoms with Crippen molar-refractivity contribution in [2.75, 3.05) is 11.9 Å². The minimum absolute atomic E-state index is 0.435. The number of imidazole rings is 1. The van der Waals surface area contributed by atoms with Crippen LogP contribution in [0.1, 0.15) is 12.5 Å². The number of hydrogen-bond donors (Lipinski definition) is 2. The van der Waals surface area contributed by atoms with Gasteiger partial charge in [0, 0.05) is 6.54 Å². The van der Waals surface area contributed by atoms with Crippen LogP contribution in [0.2, 0.25) is 10.0 Å². The number of aliphatic hydroxyl groups is 1. The van der Waals surface area contributed by atoms with E-state index in [1.807, 2.05) is 36.4 Å². The molecule has 1 heterocycles. The monoisotopic (exact) mass is 349 g/mol. The fraction of sp³-hybridized carbons (Fsp3) is 0.235. The molecule has 1 aromatic heterocycles. The van der Waals surface area contributed by atoms with Crippen LogP contribution in [0.15, 0.2) is 42.5 Å². The number of rotatable bonds is 5. The maximum absolute atomic E-state index is 9.50. The maximum Gasteiger partial charge on any atom is 0.204 e. The quantitative estimate of drug-likeness (QED) is 0.726. The van der Waals surface area contributed by atoms with Crippen molar-refractivity contribution < 1.29 is 5.11 Å². The molecule has 1 unspecified atom stereocenters. The number of nitrogens with zero attached hydrogens (tertiary/aromatic N) is 2. The van der Waals surface area contributed by atoms with E-state index >= 15 is 0 Å². The number of halogens is 2. The Morgan fingerprint density at radius 1 is 1.17 bits per heavy atom. The van der Waals surface area contributed by atoms with Crippen molar-refractivity contribution in [3.63, 3.8) is 0 Å². The molecule has 1 atom stereocenters. The number of benzene rings is 2. The number of fused-ring (bicyclic) bond motifs is 1. The second kappa shape index (κ2) is 6.79. The molecule has 0 aliphatic carbocycles. The Balaban J connectivity index is 1.99. The summed E-state index contributed by atoms with van der Waals surface area (Å²) in [7, 11) is 0. The van der Waals surface area contributed by atoms with Crippen molar-refractivity contribution in [1.82, 2.24) is 9.55 Å². The fourth-order valence-corrected chi connectivity index (χ4v) is 2.75. The zero-order valence-corrected chi connectivity index (χ0v) is 14.1. The van der Waals surface area contributed by atoms with Crippen LogP contribution in [0.25, 0.3) is 11.0 Å². The number of para-hydroxylation sites is 2. The normalized spacial score (nSPS) is 12.5. The minimum atomic E-state index is -0.451. The number of aliphatic hydroxyl groups excluding tert-OH is 1. The zero-order chi connectivity index (χ0) is 16.4. The van der Waals surface area contributed by atoms with Gasteiger partial charge in [-0.1, -0.05) is 41.4 Å². The molecular weight excluding hydrogens is 333 g/mol. The van der Waals surface area contributed by atoms with Gasteiger partial charge in [-0.2, -0.15) is 0 Å². The molecule has 0 amide bonds. The van der Waals surface area contributed by atoms with Crippen molar-refractivity contribution in [3.8, 4) is 0 Å². The van der Waals surface area contributed by atoms with E-state index in [1.54, 1.807) is 13.0 Å². The van der Waals surface area contributed by atoms with E-state index in [-0.39, 0.29) is 0 Å². The van der Waals surface area contributed by atoms with Gasteiger partial charge in [-0.3, -0.25) is 0 Å². The van der Waals surface area contributed by atoms with Crippen LogP contribution in [0, 0.1) is 0 Å². The molecule has 0 aliphatic rings. The molecule has 0 saturated carbocycles. The van der Waals surface area contributed by atoms with E-state index in [4.69, 9.17) is 23.2 Å². The Morgan fingerprint density at radius 3 is 2.70 bits per heavy atom. The first-order valence-corrected chi connectivity index (χ1v) is 8.11. The average molecular weight is 350 g/mol. The second-order valence-corrected chi connectivity index (χ2v) is 6.30. The highest BCUT2D eigenvalue weighted by atomic mass is 35.5. The van der Waals surface area contributed by atoms with Gasteiger partial charge in [-0.15, -0.1) is 0 Å². The van der Waals surface area contributed by atoms with E-state index < -0.39 is 6.10 Å². The summed E-state index contributed by atoms with van der Waals surface area (Å²) in [6, 6.07) is 13.5. The van der Waals surface area contributed by atoms with E-state index in [9.17, 15) is 5.11 Å². The molecule has 0 saturated heterocycles. The van der Waals surface area contributed by atoms with Gasteiger partial charge in [-0.25, -0.2) is 4.98 Å². The number of nitrogens with one attached hydrogen (secondary N) is 1. The lowest BCUT2D eigenvalue weighted by Crippen LogP contribution is -2.18. The molecule has 0 aliphatic heterocycles. The van der Waals surface area contributed by atoms with Gasteiger partial charge in [0.1, 0.15) is 0 Å². The first-order valence-electron chi connectivity index (χ1n) is 7.35. The predicted octanol–water partition coefficient (Wildman–Crippen LogP) is 4.18. The van der Waals surface area contributed by atoms with E-state index in [0.29, 0.717) is 23.1 Å². The summed E-state index contributed by atoms with van der Waals surface area (Å²) in [5, 5.41) is 13.8. The standard InChI is InChI=1S/C17H17Cl2N3O/c1-11(23)9-20-17-21-15-4-2-3-5-16(15)22(17)10-12-6-7-13(18)14(19)8-12/h2-8,11,23H,9-10H2,1H3,(H,20,21). The molecule has 0 bridgehead atoms. The summed E-state index contributed by atoms with van der Waals surface area (Å²) in [5.74, 6) is 0.721. The van der Waals surface area contributed by atoms with E-state index in [1.165, 1.54) is 0 Å². The summed E-state index contributed by atoms with van der Waals surface area (Å²) < 4.78 is 2.07. The average Bonchev–Trinajstić information content (AvgIpc) is 2.87. The van der Waals surface area contributed by atoms with Crippen LogP contribution in [0.5, 0.6) is 0 Å². The molecule has 3 aromatic rings. The summed E-state index contributed by atoms with van der Waals surface area (Å²) >= 11 is 12.1. The third kappa shape index (κ3) is 3.61. The lowest BCUT2D eigenvalue weighted by Gasteiger charge is -2.12. The van der Waals surface area contributed by atoms with Crippen molar-refractivity contribution in [2.24, 2.45) is 0 Å². The van der Waals surface area contributed by atoms with E-state index in [2.05, 4.69) is 14.9 Å². The highest BCUT2D eigenvalue weighted by Crippen LogP contribution is 2.25. The Hall–Kier alpha value is -1.75. The summed E-state index contributed by atoms with van der Waals surface area (Å²) in [4.78, 5) is 4.60. The molecular formula is C17H17Cl2N3O.